The second kappa shape index (κ2) is 7.27. The molecule has 1 rings (SSSR count). The molecule has 0 aliphatic rings. The van der Waals surface area contributed by atoms with Gasteiger partial charge < -0.3 is 9.80 Å². The molecule has 1 aromatic rings. The van der Waals surface area contributed by atoms with Crippen LogP contribution in [0.25, 0.3) is 0 Å². The lowest BCUT2D eigenvalue weighted by atomic mass is 10.2. The number of rotatable bonds is 6. The van der Waals surface area contributed by atoms with Gasteiger partial charge in [-0.3, -0.25) is 4.79 Å². The second-order valence-corrected chi connectivity index (χ2v) is 4.49. The topological polar surface area (TPSA) is 23.6 Å². The van der Waals surface area contributed by atoms with Crippen molar-refractivity contribution in [2.75, 3.05) is 30.9 Å². The number of hydrogen-bond acceptors (Lipinski definition) is 2. The summed E-state index contributed by atoms with van der Waals surface area (Å²) in [6, 6.07) is 8.32. The van der Waals surface area contributed by atoms with Gasteiger partial charge in [0.2, 0.25) is 5.91 Å². The third-order valence-electron chi connectivity index (χ3n) is 3.02. The minimum Gasteiger partial charge on any atom is -0.372 e. The molecule has 4 heteroatoms. The molecule has 3 nitrogen and oxygen atoms in total. The first-order valence-corrected chi connectivity index (χ1v) is 6.79. The Kier molecular flexibility index (Phi) is 5.99. The van der Waals surface area contributed by atoms with Gasteiger partial charge in [-0.1, -0.05) is 12.1 Å². The minimum atomic E-state index is -0.0514. The smallest absolute Gasteiger partial charge is 0.237 e. The van der Waals surface area contributed by atoms with E-state index < -0.39 is 0 Å². The molecule has 0 N–H and O–H groups in total. The molecule has 0 radical (unpaired) electrons. The van der Waals surface area contributed by atoms with Crippen LogP contribution in [0, 0.1) is 0 Å². The third-order valence-corrected chi connectivity index (χ3v) is 3.25. The van der Waals surface area contributed by atoms with E-state index in [1.807, 2.05) is 0 Å². The molecule has 0 heterocycles. The Balaban J connectivity index is 2.68. The molecule has 1 amide bonds. The van der Waals surface area contributed by atoms with Crippen molar-refractivity contribution in [3.05, 3.63) is 29.8 Å². The van der Waals surface area contributed by atoms with Crippen LogP contribution in [0.5, 0.6) is 0 Å². The summed E-state index contributed by atoms with van der Waals surface area (Å²) in [7, 11) is 1.77. The van der Waals surface area contributed by atoms with Crippen LogP contribution in [-0.2, 0) is 11.3 Å². The fraction of sp³-hybridized carbons (Fsp3) is 0.500. The Morgan fingerprint density at radius 1 is 1.17 bits per heavy atom. The summed E-state index contributed by atoms with van der Waals surface area (Å²) in [5, 5.41) is 0. The first-order valence-electron chi connectivity index (χ1n) is 6.26. The van der Waals surface area contributed by atoms with Crippen molar-refractivity contribution in [2.45, 2.75) is 20.4 Å². The zero-order valence-electron chi connectivity index (χ0n) is 11.3. The zero-order valence-corrected chi connectivity index (χ0v) is 12.1. The molecule has 0 aromatic heterocycles. The molecule has 0 unspecified atom stereocenters. The normalized spacial score (nSPS) is 10.2. The summed E-state index contributed by atoms with van der Waals surface area (Å²) in [6.07, 6.45) is 0. The quantitative estimate of drug-likeness (QED) is 0.741. The molecular weight excluding hydrogens is 248 g/mol. The molecule has 0 bridgehead atoms. The molecule has 100 valence electrons. The summed E-state index contributed by atoms with van der Waals surface area (Å²) >= 11 is 5.52. The van der Waals surface area contributed by atoms with E-state index >= 15 is 0 Å². The van der Waals surface area contributed by atoms with Crippen molar-refractivity contribution < 1.29 is 4.79 Å². The number of hydrogen-bond donors (Lipinski definition) is 0. The summed E-state index contributed by atoms with van der Waals surface area (Å²) in [5.41, 5.74) is 2.34. The standard InChI is InChI=1S/C14H21ClN2O/c1-4-17(5-2)13-8-6-12(7-9-13)11-16(3)14(18)10-15/h6-9H,4-5,10-11H2,1-3H3. The van der Waals surface area contributed by atoms with Crippen molar-refractivity contribution >= 4 is 23.2 Å². The van der Waals surface area contributed by atoms with E-state index in [4.69, 9.17) is 11.6 Å². The highest BCUT2D eigenvalue weighted by Gasteiger charge is 2.08. The molecule has 0 atom stereocenters. The van der Waals surface area contributed by atoms with Gasteiger partial charge in [-0.2, -0.15) is 0 Å². The number of alkyl halides is 1. The molecule has 0 saturated heterocycles. The maximum Gasteiger partial charge on any atom is 0.237 e. The SMILES string of the molecule is CCN(CC)c1ccc(CN(C)C(=O)CCl)cc1. The van der Waals surface area contributed by atoms with Gasteiger partial charge in [0.15, 0.2) is 0 Å². The van der Waals surface area contributed by atoms with Crippen LogP contribution in [0.2, 0.25) is 0 Å². The van der Waals surface area contributed by atoms with Crippen molar-refractivity contribution in [2.24, 2.45) is 0 Å². The predicted molar refractivity (Wildman–Crippen MR) is 77.2 cm³/mol. The van der Waals surface area contributed by atoms with Gasteiger partial charge >= 0.3 is 0 Å². The van der Waals surface area contributed by atoms with Crippen molar-refractivity contribution in [3.63, 3.8) is 0 Å². The second-order valence-electron chi connectivity index (χ2n) is 4.22. The van der Waals surface area contributed by atoms with Gasteiger partial charge in [-0.25, -0.2) is 0 Å². The molecule has 18 heavy (non-hydrogen) atoms. The molecular formula is C14H21ClN2O. The van der Waals surface area contributed by atoms with Crippen molar-refractivity contribution in [1.82, 2.24) is 4.90 Å². The highest BCUT2D eigenvalue weighted by Crippen LogP contribution is 2.15. The van der Waals surface area contributed by atoms with E-state index in [-0.39, 0.29) is 11.8 Å². The zero-order chi connectivity index (χ0) is 13.5. The van der Waals surface area contributed by atoms with E-state index in [1.165, 1.54) is 5.69 Å². The maximum absolute atomic E-state index is 11.4. The minimum absolute atomic E-state index is 0.0357. The van der Waals surface area contributed by atoms with Gasteiger partial charge in [-0.05, 0) is 31.5 Å². The van der Waals surface area contributed by atoms with Crippen LogP contribution < -0.4 is 4.90 Å². The molecule has 0 aliphatic heterocycles. The highest BCUT2D eigenvalue weighted by molar-refractivity contribution is 6.27. The lowest BCUT2D eigenvalue weighted by molar-refractivity contribution is -0.127. The Hall–Kier alpha value is -1.22. The number of benzene rings is 1. The number of carbonyl (C=O) groups excluding carboxylic acids is 1. The molecule has 0 spiro atoms. The third kappa shape index (κ3) is 3.91. The van der Waals surface area contributed by atoms with Gasteiger partial charge in [0, 0.05) is 32.4 Å². The first kappa shape index (κ1) is 14.8. The van der Waals surface area contributed by atoms with E-state index in [9.17, 15) is 4.79 Å². The van der Waals surface area contributed by atoms with Crippen molar-refractivity contribution in [3.8, 4) is 0 Å². The van der Waals surface area contributed by atoms with Gasteiger partial charge in [0.05, 0.1) is 0 Å². The van der Waals surface area contributed by atoms with Crippen LogP contribution >= 0.6 is 11.6 Å². The Bertz CT molecular complexity index is 374. The molecule has 0 aliphatic carbocycles. The van der Waals surface area contributed by atoms with Crippen LogP contribution in [0.15, 0.2) is 24.3 Å². The monoisotopic (exact) mass is 268 g/mol. The number of carbonyl (C=O) groups is 1. The lowest BCUT2D eigenvalue weighted by Gasteiger charge is -2.22. The maximum atomic E-state index is 11.4. The number of nitrogens with zero attached hydrogens (tertiary/aromatic N) is 2. The van der Waals surface area contributed by atoms with Gasteiger partial charge in [0.1, 0.15) is 5.88 Å². The van der Waals surface area contributed by atoms with Crippen LogP contribution in [0.1, 0.15) is 19.4 Å². The Morgan fingerprint density at radius 2 is 1.72 bits per heavy atom. The fourth-order valence-corrected chi connectivity index (χ4v) is 2.07. The van der Waals surface area contributed by atoms with Crippen molar-refractivity contribution in [1.29, 1.82) is 0 Å². The van der Waals surface area contributed by atoms with Crippen LogP contribution in [0.4, 0.5) is 5.69 Å². The summed E-state index contributed by atoms with van der Waals surface area (Å²) < 4.78 is 0. The highest BCUT2D eigenvalue weighted by atomic mass is 35.5. The van der Waals surface area contributed by atoms with Gasteiger partial charge in [0.25, 0.3) is 0 Å². The van der Waals surface area contributed by atoms with Crippen LogP contribution in [0.3, 0.4) is 0 Å². The fourth-order valence-electron chi connectivity index (χ4n) is 1.86. The molecule has 0 fully saturated rings. The average molecular weight is 269 g/mol. The number of amides is 1. The lowest BCUT2D eigenvalue weighted by Crippen LogP contribution is -2.27. The summed E-state index contributed by atoms with van der Waals surface area (Å²) in [5.74, 6) is -0.0157. The summed E-state index contributed by atoms with van der Waals surface area (Å²) in [6.45, 7) is 6.89. The van der Waals surface area contributed by atoms with E-state index in [0.717, 1.165) is 18.7 Å². The average Bonchev–Trinajstić information content (AvgIpc) is 2.41. The Labute approximate surface area is 114 Å². The van der Waals surface area contributed by atoms with Crippen LogP contribution in [-0.4, -0.2) is 36.8 Å². The van der Waals surface area contributed by atoms with E-state index in [2.05, 4.69) is 43.0 Å². The Morgan fingerprint density at radius 3 is 2.17 bits per heavy atom. The summed E-state index contributed by atoms with van der Waals surface area (Å²) in [4.78, 5) is 15.3. The van der Waals surface area contributed by atoms with E-state index in [0.29, 0.717) is 6.54 Å². The number of halogens is 1. The first-order chi connectivity index (χ1) is 8.62. The van der Waals surface area contributed by atoms with Gasteiger partial charge in [-0.15, -0.1) is 11.6 Å². The predicted octanol–water partition coefficient (Wildman–Crippen LogP) is 2.73. The number of anilines is 1. The largest absolute Gasteiger partial charge is 0.372 e. The molecule has 0 saturated carbocycles. The molecule has 1 aromatic carbocycles. The van der Waals surface area contributed by atoms with E-state index in [1.54, 1.807) is 11.9 Å².